The molecule has 110 valence electrons. The molecule has 0 aliphatic carbocycles. The van der Waals surface area contributed by atoms with Crippen LogP contribution in [0.25, 0.3) is 16.7 Å². The number of nitro groups is 1. The number of nitrogens with zero attached hydrogens (tertiary/aromatic N) is 3. The Morgan fingerprint density at radius 3 is 2.55 bits per heavy atom. The Labute approximate surface area is 124 Å². The smallest absolute Gasteiger partial charge is 0.357 e. The lowest BCUT2D eigenvalue weighted by Crippen LogP contribution is -2.24. The van der Waals surface area contributed by atoms with E-state index in [0.717, 1.165) is 5.56 Å². The molecule has 0 fully saturated rings. The molecule has 0 aliphatic rings. The minimum atomic E-state index is -0.794. The van der Waals surface area contributed by atoms with Crippen LogP contribution in [0.5, 0.6) is 0 Å². The Morgan fingerprint density at radius 1 is 1.23 bits per heavy atom. The van der Waals surface area contributed by atoms with E-state index in [0.29, 0.717) is 16.7 Å². The summed E-state index contributed by atoms with van der Waals surface area (Å²) in [6.45, 7) is 1.91. The molecule has 0 radical (unpaired) electrons. The molecule has 7 heteroatoms. The van der Waals surface area contributed by atoms with Crippen molar-refractivity contribution in [3.63, 3.8) is 0 Å². The van der Waals surface area contributed by atoms with Crippen LogP contribution in [0.4, 0.5) is 11.4 Å². The molecule has 3 rings (SSSR count). The maximum Gasteiger partial charge on any atom is 0.357 e. The van der Waals surface area contributed by atoms with Crippen molar-refractivity contribution >= 4 is 22.4 Å². The third-order valence-electron chi connectivity index (χ3n) is 3.42. The van der Waals surface area contributed by atoms with Gasteiger partial charge in [-0.25, -0.2) is 4.98 Å². The summed E-state index contributed by atoms with van der Waals surface area (Å²) in [6, 6.07) is 10.3. The molecule has 0 saturated heterocycles. The van der Waals surface area contributed by atoms with Gasteiger partial charge in [-0.1, -0.05) is 17.7 Å². The van der Waals surface area contributed by atoms with E-state index < -0.39 is 16.2 Å². The predicted molar refractivity (Wildman–Crippen MR) is 83.1 cm³/mol. The van der Waals surface area contributed by atoms with Gasteiger partial charge < -0.3 is 5.73 Å². The van der Waals surface area contributed by atoms with Crippen molar-refractivity contribution in [2.75, 3.05) is 5.73 Å². The van der Waals surface area contributed by atoms with Gasteiger partial charge in [-0.15, -0.1) is 0 Å². The molecular weight excluding hydrogens is 284 g/mol. The highest BCUT2D eigenvalue weighted by Crippen LogP contribution is 2.27. The van der Waals surface area contributed by atoms with E-state index in [4.69, 9.17) is 5.73 Å². The fourth-order valence-corrected chi connectivity index (χ4v) is 2.34. The van der Waals surface area contributed by atoms with Crippen LogP contribution in [0.3, 0.4) is 0 Å². The first-order valence-corrected chi connectivity index (χ1v) is 6.51. The zero-order valence-electron chi connectivity index (χ0n) is 11.7. The van der Waals surface area contributed by atoms with Gasteiger partial charge in [0.1, 0.15) is 11.3 Å². The standard InChI is InChI=1S/C15H12N4O3/c1-9-4-6-10(7-5-9)18-14-11(3-2-8-17-14)12(16)13(15(18)20)19(21)22/h2-8H,16H2,1H3. The summed E-state index contributed by atoms with van der Waals surface area (Å²) < 4.78 is 1.21. The number of hydrogen-bond donors (Lipinski definition) is 1. The van der Waals surface area contributed by atoms with E-state index in [2.05, 4.69) is 4.98 Å². The largest absolute Gasteiger partial charge is 0.392 e. The molecule has 0 aliphatic heterocycles. The number of rotatable bonds is 2. The lowest BCUT2D eigenvalue weighted by Gasteiger charge is -2.11. The van der Waals surface area contributed by atoms with Crippen LogP contribution in [0.1, 0.15) is 5.56 Å². The summed E-state index contributed by atoms with van der Waals surface area (Å²) in [4.78, 5) is 27.2. The number of aromatic nitrogens is 2. The SMILES string of the molecule is Cc1ccc(-n2c(=O)c([N+](=O)[O-])c(N)c3cccnc32)cc1. The van der Waals surface area contributed by atoms with Crippen LogP contribution in [0.2, 0.25) is 0 Å². The number of benzene rings is 1. The summed E-state index contributed by atoms with van der Waals surface area (Å²) >= 11 is 0. The Morgan fingerprint density at radius 2 is 1.91 bits per heavy atom. The number of fused-ring (bicyclic) bond motifs is 1. The Kier molecular flexibility index (Phi) is 3.10. The minimum absolute atomic E-state index is 0.165. The van der Waals surface area contributed by atoms with Crippen LogP contribution in [-0.2, 0) is 0 Å². The Hall–Kier alpha value is -3.22. The molecule has 0 bridgehead atoms. The van der Waals surface area contributed by atoms with Crippen molar-refractivity contribution in [1.82, 2.24) is 9.55 Å². The van der Waals surface area contributed by atoms with Crippen molar-refractivity contribution < 1.29 is 4.92 Å². The van der Waals surface area contributed by atoms with Crippen molar-refractivity contribution in [2.45, 2.75) is 6.92 Å². The van der Waals surface area contributed by atoms with Gasteiger partial charge in [0.2, 0.25) is 0 Å². The summed E-state index contributed by atoms with van der Waals surface area (Å²) in [6.07, 6.45) is 1.51. The molecule has 22 heavy (non-hydrogen) atoms. The number of nitrogen functional groups attached to an aromatic ring is 1. The monoisotopic (exact) mass is 296 g/mol. The second-order valence-electron chi connectivity index (χ2n) is 4.87. The maximum absolute atomic E-state index is 12.5. The van der Waals surface area contributed by atoms with Crippen LogP contribution in [0, 0.1) is 17.0 Å². The first-order chi connectivity index (χ1) is 10.5. The van der Waals surface area contributed by atoms with Crippen molar-refractivity contribution in [3.05, 3.63) is 68.6 Å². The molecule has 2 heterocycles. The Balaban J connectivity index is 2.50. The first-order valence-electron chi connectivity index (χ1n) is 6.51. The van der Waals surface area contributed by atoms with Crippen molar-refractivity contribution in [3.8, 4) is 5.69 Å². The number of nitrogens with two attached hydrogens (primary N) is 1. The highest BCUT2D eigenvalue weighted by Gasteiger charge is 2.25. The summed E-state index contributed by atoms with van der Waals surface area (Å²) in [7, 11) is 0. The molecule has 0 atom stereocenters. The Bertz CT molecular complexity index is 945. The molecule has 7 nitrogen and oxygen atoms in total. The number of pyridine rings is 2. The molecule has 1 aromatic carbocycles. The number of aryl methyl sites for hydroxylation is 1. The normalized spacial score (nSPS) is 10.8. The van der Waals surface area contributed by atoms with E-state index in [1.807, 2.05) is 19.1 Å². The van der Waals surface area contributed by atoms with Crippen LogP contribution in [-0.4, -0.2) is 14.5 Å². The fourth-order valence-electron chi connectivity index (χ4n) is 2.34. The zero-order valence-corrected chi connectivity index (χ0v) is 11.7. The van der Waals surface area contributed by atoms with Crippen LogP contribution < -0.4 is 11.3 Å². The van der Waals surface area contributed by atoms with Crippen LogP contribution in [0.15, 0.2) is 47.4 Å². The van der Waals surface area contributed by atoms with Gasteiger partial charge in [0, 0.05) is 11.6 Å². The highest BCUT2D eigenvalue weighted by atomic mass is 16.6. The lowest BCUT2D eigenvalue weighted by atomic mass is 10.2. The van der Waals surface area contributed by atoms with E-state index in [9.17, 15) is 14.9 Å². The molecule has 0 amide bonds. The molecule has 0 saturated carbocycles. The molecular formula is C15H12N4O3. The van der Waals surface area contributed by atoms with Gasteiger partial charge in [-0.05, 0) is 31.2 Å². The lowest BCUT2D eigenvalue weighted by molar-refractivity contribution is -0.385. The topological polar surface area (TPSA) is 104 Å². The first kappa shape index (κ1) is 13.7. The van der Waals surface area contributed by atoms with Gasteiger partial charge in [0.25, 0.3) is 0 Å². The summed E-state index contributed by atoms with van der Waals surface area (Å²) in [5, 5.41) is 11.6. The van der Waals surface area contributed by atoms with Crippen molar-refractivity contribution in [2.24, 2.45) is 0 Å². The van der Waals surface area contributed by atoms with E-state index in [-0.39, 0.29) is 5.69 Å². The fraction of sp³-hybridized carbons (Fsp3) is 0.0667. The third kappa shape index (κ3) is 1.99. The molecule has 3 aromatic rings. The molecule has 0 spiro atoms. The number of hydrogen-bond acceptors (Lipinski definition) is 5. The highest BCUT2D eigenvalue weighted by molar-refractivity contribution is 5.93. The zero-order chi connectivity index (χ0) is 15.9. The van der Waals surface area contributed by atoms with Gasteiger partial charge >= 0.3 is 11.2 Å². The van der Waals surface area contributed by atoms with Gasteiger partial charge in [-0.2, -0.15) is 0 Å². The quantitative estimate of drug-likeness (QED) is 0.576. The summed E-state index contributed by atoms with van der Waals surface area (Å²) in [5.74, 6) is 0. The molecule has 0 unspecified atom stereocenters. The second kappa shape index (κ2) is 4.96. The predicted octanol–water partition coefficient (Wildman–Crippen LogP) is 2.18. The average molecular weight is 296 g/mol. The summed E-state index contributed by atoms with van der Waals surface area (Å²) in [5.41, 5.74) is 6.01. The van der Waals surface area contributed by atoms with Gasteiger partial charge in [-0.3, -0.25) is 19.5 Å². The van der Waals surface area contributed by atoms with Gasteiger partial charge in [0.05, 0.1) is 10.6 Å². The van der Waals surface area contributed by atoms with E-state index >= 15 is 0 Å². The van der Waals surface area contributed by atoms with E-state index in [1.54, 1.807) is 24.3 Å². The van der Waals surface area contributed by atoms with Gasteiger partial charge in [0.15, 0.2) is 0 Å². The van der Waals surface area contributed by atoms with Crippen molar-refractivity contribution in [1.29, 1.82) is 0 Å². The minimum Gasteiger partial charge on any atom is -0.392 e. The maximum atomic E-state index is 12.5. The third-order valence-corrected chi connectivity index (χ3v) is 3.42. The van der Waals surface area contributed by atoms with Crippen LogP contribution >= 0.6 is 0 Å². The molecule has 2 N–H and O–H groups in total. The average Bonchev–Trinajstić information content (AvgIpc) is 2.49. The molecule has 2 aromatic heterocycles. The second-order valence-corrected chi connectivity index (χ2v) is 4.87. The number of anilines is 1. The van der Waals surface area contributed by atoms with E-state index in [1.165, 1.54) is 10.8 Å².